The SMILES string of the molecule is CC(=O)N1CC2(CCC2Cn2nc(C3CC3)c(C(F)(F)F)c2C(=O)Nc2ccnc(S(C)(=N)=O)c2)C1. The van der Waals surface area contributed by atoms with E-state index in [1.807, 2.05) is 0 Å². The van der Waals surface area contributed by atoms with Crippen molar-refractivity contribution in [3.05, 3.63) is 35.3 Å². The van der Waals surface area contributed by atoms with Gasteiger partial charge in [0.05, 0.1) is 15.4 Å². The lowest BCUT2D eigenvalue weighted by atomic mass is 9.55. The van der Waals surface area contributed by atoms with Crippen LogP contribution in [0, 0.1) is 16.1 Å². The summed E-state index contributed by atoms with van der Waals surface area (Å²) < 4.78 is 63.8. The number of likely N-dealkylation sites (tertiary alicyclic amines) is 1. The Hall–Kier alpha value is -2.96. The normalized spacial score (nSPS) is 22.5. The van der Waals surface area contributed by atoms with Gasteiger partial charge in [0.1, 0.15) is 16.3 Å². The van der Waals surface area contributed by atoms with Gasteiger partial charge in [-0.25, -0.2) is 14.0 Å². The Morgan fingerprint density at radius 3 is 2.50 bits per heavy atom. The molecule has 1 spiro atoms. The first kappa shape index (κ1) is 24.7. The van der Waals surface area contributed by atoms with Gasteiger partial charge in [-0.3, -0.25) is 14.3 Å². The van der Waals surface area contributed by atoms with Crippen LogP contribution in [0.4, 0.5) is 18.9 Å². The molecule has 194 valence electrons. The molecule has 1 aliphatic heterocycles. The summed E-state index contributed by atoms with van der Waals surface area (Å²) in [6.07, 6.45) is 0.486. The van der Waals surface area contributed by atoms with E-state index in [1.54, 1.807) is 4.90 Å². The van der Waals surface area contributed by atoms with Crippen molar-refractivity contribution in [2.24, 2.45) is 11.3 Å². The molecule has 2 amide bonds. The Labute approximate surface area is 206 Å². The van der Waals surface area contributed by atoms with Crippen LogP contribution in [0.5, 0.6) is 0 Å². The number of nitrogens with one attached hydrogen (secondary N) is 2. The number of pyridine rings is 1. The second-order valence-electron chi connectivity index (χ2n) is 10.2. The van der Waals surface area contributed by atoms with Crippen LogP contribution in [0.15, 0.2) is 23.4 Å². The van der Waals surface area contributed by atoms with Gasteiger partial charge in [0.15, 0.2) is 0 Å². The highest BCUT2D eigenvalue weighted by Gasteiger charge is 2.56. The molecular weight excluding hydrogens is 497 g/mol. The molecule has 2 aromatic heterocycles. The number of hydrogen-bond donors (Lipinski definition) is 2. The summed E-state index contributed by atoms with van der Waals surface area (Å²) >= 11 is 0. The Bertz CT molecular complexity index is 1340. The molecule has 2 unspecified atom stereocenters. The maximum absolute atomic E-state index is 14.3. The van der Waals surface area contributed by atoms with E-state index < -0.39 is 33.1 Å². The molecule has 0 bridgehead atoms. The summed E-state index contributed by atoms with van der Waals surface area (Å²) in [5.41, 5.74) is -1.70. The Morgan fingerprint density at radius 1 is 1.28 bits per heavy atom. The molecule has 3 aliphatic rings. The van der Waals surface area contributed by atoms with Crippen molar-refractivity contribution in [3.63, 3.8) is 0 Å². The van der Waals surface area contributed by atoms with Crippen LogP contribution >= 0.6 is 0 Å². The van der Waals surface area contributed by atoms with E-state index >= 15 is 0 Å². The van der Waals surface area contributed by atoms with Crippen LogP contribution in [0.2, 0.25) is 0 Å². The minimum atomic E-state index is -4.77. The van der Waals surface area contributed by atoms with Gasteiger partial charge in [-0.1, -0.05) is 0 Å². The number of rotatable bonds is 6. The van der Waals surface area contributed by atoms with Crippen molar-refractivity contribution in [2.45, 2.75) is 56.3 Å². The maximum Gasteiger partial charge on any atom is 0.420 e. The first-order chi connectivity index (χ1) is 16.8. The summed E-state index contributed by atoms with van der Waals surface area (Å²) in [5, 5.41) is 6.72. The molecule has 2 N–H and O–H groups in total. The second-order valence-corrected chi connectivity index (χ2v) is 12.3. The molecule has 0 aromatic carbocycles. The molecule has 9 nitrogen and oxygen atoms in total. The smallest absolute Gasteiger partial charge is 0.342 e. The van der Waals surface area contributed by atoms with Crippen molar-refractivity contribution in [1.29, 1.82) is 4.78 Å². The van der Waals surface area contributed by atoms with E-state index in [9.17, 15) is 27.0 Å². The minimum absolute atomic E-state index is 0.00769. The third-order valence-electron chi connectivity index (χ3n) is 7.54. The molecular formula is C23H27F3N6O3S. The average molecular weight is 525 g/mol. The summed E-state index contributed by atoms with van der Waals surface area (Å²) in [6, 6.07) is 2.60. The topological polar surface area (TPSA) is 121 Å². The monoisotopic (exact) mass is 524 g/mol. The standard InChI is InChI=1S/C23H27F3N6O3S/c1-13(33)31-11-22(12-31)7-5-15(22)10-32-20(18(23(24,25)26)19(30-32)14-3-4-14)21(34)29-16-6-8-28-17(9-16)36(2,27)35/h6,8-9,14-15,27H,3-5,7,10-12H2,1-2H3,(H,28,29,34). The summed E-state index contributed by atoms with van der Waals surface area (Å²) in [7, 11) is -3.18. The Kier molecular flexibility index (Phi) is 5.69. The molecule has 3 fully saturated rings. The molecule has 3 heterocycles. The fourth-order valence-electron chi connectivity index (χ4n) is 5.26. The molecule has 0 radical (unpaired) electrons. The molecule has 2 aliphatic carbocycles. The van der Waals surface area contributed by atoms with Gasteiger partial charge < -0.3 is 10.2 Å². The molecule has 36 heavy (non-hydrogen) atoms. The highest BCUT2D eigenvalue weighted by atomic mass is 32.2. The number of nitrogens with zero attached hydrogens (tertiary/aromatic N) is 4. The number of carbonyl (C=O) groups excluding carboxylic acids is 2. The van der Waals surface area contributed by atoms with Crippen molar-refractivity contribution in [1.82, 2.24) is 19.7 Å². The van der Waals surface area contributed by atoms with Gasteiger partial charge in [0.2, 0.25) is 5.91 Å². The zero-order chi connectivity index (χ0) is 26.0. The van der Waals surface area contributed by atoms with E-state index in [0.29, 0.717) is 25.9 Å². The predicted octanol–water partition coefficient (Wildman–Crippen LogP) is 3.72. The first-order valence-corrected chi connectivity index (χ1v) is 13.7. The summed E-state index contributed by atoms with van der Waals surface area (Å²) in [4.78, 5) is 30.6. The first-order valence-electron chi connectivity index (χ1n) is 11.7. The van der Waals surface area contributed by atoms with Crippen molar-refractivity contribution in [2.75, 3.05) is 24.7 Å². The van der Waals surface area contributed by atoms with Gasteiger partial charge in [0, 0.05) is 56.0 Å². The number of aromatic nitrogens is 3. The average Bonchev–Trinajstić information content (AvgIpc) is 3.49. The fraction of sp³-hybridized carbons (Fsp3) is 0.565. The third-order valence-corrected chi connectivity index (χ3v) is 8.56. The van der Waals surface area contributed by atoms with E-state index in [-0.39, 0.29) is 46.1 Å². The molecule has 1 saturated heterocycles. The molecule has 2 atom stereocenters. The summed E-state index contributed by atoms with van der Waals surface area (Å²) in [5.74, 6) is -1.32. The van der Waals surface area contributed by atoms with Crippen LogP contribution in [0.25, 0.3) is 0 Å². The van der Waals surface area contributed by atoms with E-state index in [1.165, 1.54) is 36.2 Å². The zero-order valence-corrected chi connectivity index (χ0v) is 20.7. The lowest BCUT2D eigenvalue weighted by Crippen LogP contribution is -2.66. The van der Waals surface area contributed by atoms with Crippen molar-refractivity contribution < 1.29 is 27.0 Å². The molecule has 5 rings (SSSR count). The highest BCUT2D eigenvalue weighted by Crippen LogP contribution is 2.54. The van der Waals surface area contributed by atoms with Crippen LogP contribution in [-0.4, -0.2) is 55.0 Å². The highest BCUT2D eigenvalue weighted by molar-refractivity contribution is 7.91. The lowest BCUT2D eigenvalue weighted by molar-refractivity contribution is -0.159. The van der Waals surface area contributed by atoms with E-state index in [4.69, 9.17) is 4.78 Å². The molecule has 13 heteroatoms. The largest absolute Gasteiger partial charge is 0.420 e. The Morgan fingerprint density at radius 2 is 1.97 bits per heavy atom. The third kappa shape index (κ3) is 4.37. The van der Waals surface area contributed by atoms with Crippen LogP contribution in [0.1, 0.15) is 60.3 Å². The predicted molar refractivity (Wildman–Crippen MR) is 124 cm³/mol. The van der Waals surface area contributed by atoms with Crippen LogP contribution < -0.4 is 5.32 Å². The lowest BCUT2D eigenvalue weighted by Gasteiger charge is -2.60. The second kappa shape index (κ2) is 8.29. The number of amides is 2. The van der Waals surface area contributed by atoms with Gasteiger partial charge in [-0.15, -0.1) is 0 Å². The number of halogens is 3. The van der Waals surface area contributed by atoms with E-state index in [2.05, 4.69) is 15.4 Å². The van der Waals surface area contributed by atoms with Crippen LogP contribution in [-0.2, 0) is 27.2 Å². The van der Waals surface area contributed by atoms with Crippen molar-refractivity contribution >= 4 is 27.2 Å². The number of carbonyl (C=O) groups is 2. The summed E-state index contributed by atoms with van der Waals surface area (Å²) in [6.45, 7) is 2.79. The fourth-order valence-corrected chi connectivity index (χ4v) is 5.87. The van der Waals surface area contributed by atoms with E-state index in [0.717, 1.165) is 12.8 Å². The Balaban J connectivity index is 1.49. The zero-order valence-electron chi connectivity index (χ0n) is 19.9. The number of anilines is 1. The minimum Gasteiger partial charge on any atom is -0.342 e. The molecule has 2 saturated carbocycles. The number of hydrogen-bond acceptors (Lipinski definition) is 6. The van der Waals surface area contributed by atoms with Gasteiger partial charge in [0.25, 0.3) is 5.91 Å². The van der Waals surface area contributed by atoms with Gasteiger partial charge in [-0.05, 0) is 43.7 Å². The molecule has 2 aromatic rings. The maximum atomic E-state index is 14.3. The number of alkyl halides is 3. The van der Waals surface area contributed by atoms with Crippen molar-refractivity contribution in [3.8, 4) is 0 Å². The van der Waals surface area contributed by atoms with Gasteiger partial charge in [-0.2, -0.15) is 18.3 Å². The van der Waals surface area contributed by atoms with Crippen LogP contribution in [0.3, 0.4) is 0 Å². The van der Waals surface area contributed by atoms with Gasteiger partial charge >= 0.3 is 6.18 Å². The quantitative estimate of drug-likeness (QED) is 0.597.